The second-order valence-electron chi connectivity index (χ2n) is 5.81. The van der Waals surface area contributed by atoms with Gasteiger partial charge >= 0.3 is 0 Å². The van der Waals surface area contributed by atoms with Gasteiger partial charge in [0.15, 0.2) is 6.61 Å². The lowest BCUT2D eigenvalue weighted by atomic mass is 9.92. The molecule has 1 aromatic rings. The lowest BCUT2D eigenvalue weighted by Crippen LogP contribution is -2.36. The Labute approximate surface area is 128 Å². The zero-order chi connectivity index (χ0) is 15.1. The van der Waals surface area contributed by atoms with Crippen molar-refractivity contribution < 1.29 is 9.53 Å². The van der Waals surface area contributed by atoms with Crippen LogP contribution in [0.3, 0.4) is 0 Å². The van der Waals surface area contributed by atoms with E-state index in [0.29, 0.717) is 0 Å². The molecule has 0 fully saturated rings. The van der Waals surface area contributed by atoms with Gasteiger partial charge in [-0.25, -0.2) is 0 Å². The molecule has 0 saturated carbocycles. The predicted molar refractivity (Wildman–Crippen MR) is 85.7 cm³/mol. The van der Waals surface area contributed by atoms with Gasteiger partial charge in [0.25, 0.3) is 5.91 Å². The van der Waals surface area contributed by atoms with Gasteiger partial charge in [-0.1, -0.05) is 19.9 Å². The highest BCUT2D eigenvalue weighted by Crippen LogP contribution is 2.25. The molecule has 0 N–H and O–H groups in total. The van der Waals surface area contributed by atoms with Crippen LogP contribution in [0.15, 0.2) is 18.2 Å². The summed E-state index contributed by atoms with van der Waals surface area (Å²) in [4.78, 5) is 14.1. The number of hydrogen-bond donors (Lipinski definition) is 0. The Hall–Kier alpha value is -1.51. The predicted octanol–water partition coefficient (Wildman–Crippen LogP) is 3.59. The number of benzene rings is 1. The van der Waals surface area contributed by atoms with E-state index in [1.54, 1.807) is 0 Å². The van der Waals surface area contributed by atoms with Gasteiger partial charge in [-0.3, -0.25) is 4.79 Å². The molecule has 0 atom stereocenters. The first-order chi connectivity index (χ1) is 10.2. The van der Waals surface area contributed by atoms with E-state index in [4.69, 9.17) is 4.74 Å². The lowest BCUT2D eigenvalue weighted by Gasteiger charge is -2.22. The molecule has 0 heterocycles. The van der Waals surface area contributed by atoms with Crippen molar-refractivity contribution in [1.29, 1.82) is 0 Å². The summed E-state index contributed by atoms with van der Waals surface area (Å²) in [6.45, 7) is 5.99. The molecular weight excluding hydrogens is 262 g/mol. The highest BCUT2D eigenvalue weighted by molar-refractivity contribution is 5.77. The van der Waals surface area contributed by atoms with Crippen molar-refractivity contribution in [1.82, 2.24) is 4.90 Å². The van der Waals surface area contributed by atoms with Gasteiger partial charge in [0.1, 0.15) is 5.75 Å². The summed E-state index contributed by atoms with van der Waals surface area (Å²) in [6.07, 6.45) is 6.84. The van der Waals surface area contributed by atoms with Crippen LogP contribution in [0.1, 0.15) is 50.7 Å². The van der Waals surface area contributed by atoms with E-state index in [1.165, 1.54) is 30.4 Å². The molecule has 0 bridgehead atoms. The first-order valence-electron chi connectivity index (χ1n) is 8.27. The van der Waals surface area contributed by atoms with Crippen molar-refractivity contribution in [2.24, 2.45) is 0 Å². The van der Waals surface area contributed by atoms with Crippen molar-refractivity contribution >= 4 is 5.91 Å². The van der Waals surface area contributed by atoms with Crippen molar-refractivity contribution in [2.45, 2.75) is 52.4 Å². The monoisotopic (exact) mass is 289 g/mol. The smallest absolute Gasteiger partial charge is 0.260 e. The van der Waals surface area contributed by atoms with Crippen LogP contribution in [0.5, 0.6) is 5.75 Å². The molecular formula is C18H27NO2. The molecule has 21 heavy (non-hydrogen) atoms. The summed E-state index contributed by atoms with van der Waals surface area (Å²) in [7, 11) is 0. The summed E-state index contributed by atoms with van der Waals surface area (Å²) in [5.41, 5.74) is 2.84. The normalized spacial score (nSPS) is 13.6. The molecule has 116 valence electrons. The number of nitrogens with zero attached hydrogens (tertiary/aromatic N) is 1. The molecule has 1 amide bonds. The quantitative estimate of drug-likeness (QED) is 0.767. The molecule has 0 saturated heterocycles. The average Bonchev–Trinajstić information content (AvgIpc) is 2.52. The number of amides is 1. The van der Waals surface area contributed by atoms with Crippen LogP contribution in [0.2, 0.25) is 0 Å². The number of carbonyl (C=O) groups excluding carboxylic acids is 1. The number of fused-ring (bicyclic) bond motifs is 1. The molecule has 1 aliphatic rings. The van der Waals surface area contributed by atoms with Crippen LogP contribution >= 0.6 is 0 Å². The Balaban J connectivity index is 1.91. The number of ether oxygens (including phenoxy) is 1. The average molecular weight is 289 g/mol. The molecule has 0 radical (unpaired) electrons. The number of carbonyl (C=O) groups is 1. The fourth-order valence-electron chi connectivity index (χ4n) is 2.94. The SMILES string of the molecule is CCCN(CCC)C(=O)COc1ccc2c(c1)CCCC2. The maximum atomic E-state index is 12.2. The Bertz CT molecular complexity index is 464. The van der Waals surface area contributed by atoms with Crippen molar-refractivity contribution in [3.8, 4) is 5.75 Å². The summed E-state index contributed by atoms with van der Waals surface area (Å²) < 4.78 is 5.72. The first-order valence-corrected chi connectivity index (χ1v) is 8.27. The molecule has 0 aliphatic heterocycles. The Kier molecular flexibility index (Phi) is 6.09. The van der Waals surface area contributed by atoms with Gasteiger partial charge in [-0.15, -0.1) is 0 Å². The Morgan fingerprint density at radius 3 is 2.43 bits per heavy atom. The number of rotatable bonds is 7. The van der Waals surface area contributed by atoms with E-state index < -0.39 is 0 Å². The summed E-state index contributed by atoms with van der Waals surface area (Å²) >= 11 is 0. The molecule has 1 aromatic carbocycles. The summed E-state index contributed by atoms with van der Waals surface area (Å²) in [5.74, 6) is 0.924. The lowest BCUT2D eigenvalue weighted by molar-refractivity contribution is -0.133. The number of hydrogen-bond acceptors (Lipinski definition) is 2. The fourth-order valence-corrected chi connectivity index (χ4v) is 2.94. The van der Waals surface area contributed by atoms with Crippen molar-refractivity contribution in [3.05, 3.63) is 29.3 Å². The molecule has 0 spiro atoms. The molecule has 3 nitrogen and oxygen atoms in total. The van der Waals surface area contributed by atoms with Gasteiger partial charge in [0.2, 0.25) is 0 Å². The molecule has 3 heteroatoms. The van der Waals surface area contributed by atoms with Gasteiger partial charge in [0.05, 0.1) is 0 Å². The van der Waals surface area contributed by atoms with Gasteiger partial charge in [-0.05, 0) is 61.8 Å². The maximum Gasteiger partial charge on any atom is 0.260 e. The molecule has 1 aliphatic carbocycles. The minimum absolute atomic E-state index is 0.0939. The summed E-state index contributed by atoms with van der Waals surface area (Å²) in [6, 6.07) is 6.28. The van der Waals surface area contributed by atoms with Crippen LogP contribution in [0.4, 0.5) is 0 Å². The highest BCUT2D eigenvalue weighted by Gasteiger charge is 2.14. The van der Waals surface area contributed by atoms with Crippen LogP contribution in [0.25, 0.3) is 0 Å². The zero-order valence-corrected chi connectivity index (χ0v) is 13.4. The van der Waals surface area contributed by atoms with E-state index in [1.807, 2.05) is 11.0 Å². The van der Waals surface area contributed by atoms with Gasteiger partial charge < -0.3 is 9.64 Å². The van der Waals surface area contributed by atoms with Crippen LogP contribution in [-0.4, -0.2) is 30.5 Å². The summed E-state index contributed by atoms with van der Waals surface area (Å²) in [5, 5.41) is 0. The number of aryl methyl sites for hydroxylation is 2. The topological polar surface area (TPSA) is 29.5 Å². The Morgan fingerprint density at radius 1 is 1.10 bits per heavy atom. The van der Waals surface area contributed by atoms with E-state index >= 15 is 0 Å². The van der Waals surface area contributed by atoms with Crippen LogP contribution in [-0.2, 0) is 17.6 Å². The van der Waals surface area contributed by atoms with Crippen LogP contribution in [0, 0.1) is 0 Å². The van der Waals surface area contributed by atoms with Crippen LogP contribution < -0.4 is 4.74 Å². The van der Waals surface area contributed by atoms with Crippen molar-refractivity contribution in [3.63, 3.8) is 0 Å². The zero-order valence-electron chi connectivity index (χ0n) is 13.4. The molecule has 0 unspecified atom stereocenters. The van der Waals surface area contributed by atoms with Gasteiger partial charge in [0, 0.05) is 13.1 Å². The molecule has 2 rings (SSSR count). The minimum Gasteiger partial charge on any atom is -0.484 e. The third-order valence-corrected chi connectivity index (χ3v) is 4.02. The van der Waals surface area contributed by atoms with Gasteiger partial charge in [-0.2, -0.15) is 0 Å². The third-order valence-electron chi connectivity index (χ3n) is 4.02. The Morgan fingerprint density at radius 2 is 1.76 bits per heavy atom. The standard InChI is InChI=1S/C18H27NO2/c1-3-11-19(12-4-2)18(20)14-21-17-10-9-15-7-5-6-8-16(15)13-17/h9-10,13H,3-8,11-12,14H2,1-2H3. The maximum absolute atomic E-state index is 12.2. The second-order valence-corrected chi connectivity index (χ2v) is 5.81. The highest BCUT2D eigenvalue weighted by atomic mass is 16.5. The second kappa shape index (κ2) is 8.06. The third kappa shape index (κ3) is 4.48. The van der Waals surface area contributed by atoms with E-state index in [2.05, 4.69) is 26.0 Å². The van der Waals surface area contributed by atoms with E-state index in [9.17, 15) is 4.79 Å². The largest absolute Gasteiger partial charge is 0.484 e. The first kappa shape index (κ1) is 15.9. The van der Waals surface area contributed by atoms with E-state index in [-0.39, 0.29) is 12.5 Å². The minimum atomic E-state index is 0.0939. The molecule has 0 aromatic heterocycles. The fraction of sp³-hybridized carbons (Fsp3) is 0.611. The van der Waals surface area contributed by atoms with E-state index in [0.717, 1.165) is 38.1 Å². The van der Waals surface area contributed by atoms with Crippen molar-refractivity contribution in [2.75, 3.05) is 19.7 Å².